The van der Waals surface area contributed by atoms with Gasteiger partial charge in [-0.3, -0.25) is 14.5 Å². The van der Waals surface area contributed by atoms with E-state index >= 15 is 0 Å². The molecule has 0 saturated carbocycles. The van der Waals surface area contributed by atoms with Crippen molar-refractivity contribution in [2.24, 2.45) is 0 Å². The van der Waals surface area contributed by atoms with E-state index in [1.54, 1.807) is 25.3 Å². The van der Waals surface area contributed by atoms with Crippen molar-refractivity contribution in [1.29, 1.82) is 0 Å². The molecule has 0 radical (unpaired) electrons. The van der Waals surface area contributed by atoms with E-state index in [4.69, 9.17) is 16.3 Å². The maximum atomic E-state index is 12.8. The zero-order valence-electron chi connectivity index (χ0n) is 16.6. The molecule has 0 atom stereocenters. The normalized spacial score (nSPS) is 15.3. The van der Waals surface area contributed by atoms with Crippen molar-refractivity contribution in [2.75, 3.05) is 25.1 Å². The Morgan fingerprint density at radius 1 is 1.10 bits per heavy atom. The minimum Gasteiger partial charge on any atom is -0.496 e. The predicted molar refractivity (Wildman–Crippen MR) is 120 cm³/mol. The summed E-state index contributed by atoms with van der Waals surface area (Å²) in [5, 5.41) is 0.331. The molecule has 0 aliphatic carbocycles. The van der Waals surface area contributed by atoms with Crippen LogP contribution in [0.4, 0.5) is 10.5 Å². The molecular weight excluding hydrogens is 408 g/mol. The van der Waals surface area contributed by atoms with Crippen LogP contribution in [0.1, 0.15) is 25.0 Å². The fourth-order valence-corrected chi connectivity index (χ4v) is 4.11. The molecule has 152 valence electrons. The number of imide groups is 1. The van der Waals surface area contributed by atoms with Crippen molar-refractivity contribution in [1.82, 2.24) is 4.90 Å². The van der Waals surface area contributed by atoms with Crippen LogP contribution in [0.3, 0.4) is 0 Å². The van der Waals surface area contributed by atoms with Crippen LogP contribution in [0.2, 0.25) is 5.02 Å². The fourth-order valence-electron chi connectivity index (χ4n) is 3.15. The van der Waals surface area contributed by atoms with Crippen LogP contribution in [0.5, 0.6) is 5.75 Å². The quantitative estimate of drug-likeness (QED) is 0.548. The van der Waals surface area contributed by atoms with Gasteiger partial charge in [0, 0.05) is 35.4 Å². The highest BCUT2D eigenvalue weighted by Gasteiger charge is 2.35. The fraction of sp³-hybridized carbons (Fsp3) is 0.273. The lowest BCUT2D eigenvalue weighted by molar-refractivity contribution is -0.123. The molecule has 2 amide bonds. The summed E-state index contributed by atoms with van der Waals surface area (Å²) in [6, 6.07) is 13.0. The van der Waals surface area contributed by atoms with Gasteiger partial charge in [-0.2, -0.15) is 0 Å². The molecule has 2 aromatic carbocycles. The summed E-state index contributed by atoms with van der Waals surface area (Å²) in [6.07, 6.45) is 1.72. The number of thioether (sulfide) groups is 1. The molecule has 29 heavy (non-hydrogen) atoms. The van der Waals surface area contributed by atoms with E-state index in [1.165, 1.54) is 4.90 Å². The molecule has 1 aliphatic heterocycles. The molecule has 0 aromatic heterocycles. The van der Waals surface area contributed by atoms with E-state index in [0.717, 1.165) is 41.7 Å². The summed E-state index contributed by atoms with van der Waals surface area (Å²) in [6.45, 7) is 6.20. The van der Waals surface area contributed by atoms with Gasteiger partial charge in [-0.15, -0.1) is 0 Å². The Labute approximate surface area is 180 Å². The summed E-state index contributed by atoms with van der Waals surface area (Å²) in [5.41, 5.74) is 2.67. The van der Waals surface area contributed by atoms with E-state index in [-0.39, 0.29) is 17.7 Å². The number of benzene rings is 2. The van der Waals surface area contributed by atoms with Crippen LogP contribution in [0, 0.1) is 0 Å². The molecule has 1 fully saturated rings. The lowest BCUT2D eigenvalue weighted by atomic mass is 10.1. The number of hydrogen-bond acceptors (Lipinski definition) is 5. The number of methoxy groups -OCH3 is 1. The Hall–Kier alpha value is -2.44. The van der Waals surface area contributed by atoms with Gasteiger partial charge >= 0.3 is 0 Å². The van der Waals surface area contributed by atoms with Crippen LogP contribution in [-0.4, -0.2) is 36.2 Å². The molecule has 0 spiro atoms. The van der Waals surface area contributed by atoms with E-state index < -0.39 is 0 Å². The molecule has 0 N–H and O–H groups in total. The van der Waals surface area contributed by atoms with Crippen LogP contribution >= 0.6 is 23.4 Å². The van der Waals surface area contributed by atoms with Gasteiger partial charge in [0.1, 0.15) is 5.75 Å². The van der Waals surface area contributed by atoms with Gasteiger partial charge in [-0.05, 0) is 61.5 Å². The van der Waals surface area contributed by atoms with Gasteiger partial charge in [0.15, 0.2) is 0 Å². The molecule has 0 unspecified atom stereocenters. The molecule has 3 rings (SSSR count). The second-order valence-electron chi connectivity index (χ2n) is 6.49. The number of ether oxygens (including phenoxy) is 1. The van der Waals surface area contributed by atoms with Crippen molar-refractivity contribution in [3.8, 4) is 5.75 Å². The Kier molecular flexibility index (Phi) is 6.87. The minimum absolute atomic E-state index is 0.219. The van der Waals surface area contributed by atoms with Gasteiger partial charge in [0.05, 0.1) is 18.6 Å². The predicted octanol–water partition coefficient (Wildman–Crippen LogP) is 5.43. The Bertz CT molecular complexity index is 940. The maximum absolute atomic E-state index is 12.8. The summed E-state index contributed by atoms with van der Waals surface area (Å²) < 4.78 is 5.53. The third-order valence-electron chi connectivity index (χ3n) is 4.76. The first-order chi connectivity index (χ1) is 14.0. The maximum Gasteiger partial charge on any atom is 0.293 e. The highest BCUT2D eigenvalue weighted by molar-refractivity contribution is 8.18. The minimum atomic E-state index is -0.301. The molecule has 7 heteroatoms. The largest absolute Gasteiger partial charge is 0.496 e. The molecule has 1 saturated heterocycles. The van der Waals surface area contributed by atoms with Gasteiger partial charge in [-0.25, -0.2) is 0 Å². The molecule has 1 aliphatic rings. The smallest absolute Gasteiger partial charge is 0.293 e. The first-order valence-corrected chi connectivity index (χ1v) is 10.6. The van der Waals surface area contributed by atoms with Gasteiger partial charge < -0.3 is 9.64 Å². The molecular formula is C22H23ClN2O3S. The zero-order chi connectivity index (χ0) is 21.0. The third kappa shape index (κ3) is 4.77. The SMILES string of the molecule is CCN(CC)c1ccc(/C=C2\SC(=O)N(Cc3ccc(Cl)cc3)C2=O)c(OC)c1. The number of anilines is 1. The van der Waals surface area contributed by atoms with Gasteiger partial charge in [0.2, 0.25) is 0 Å². The number of halogens is 1. The lowest BCUT2D eigenvalue weighted by Crippen LogP contribution is -2.27. The standard InChI is InChI=1S/C22H23ClN2O3S/c1-4-24(5-2)18-11-8-16(19(13-18)28-3)12-20-21(26)25(22(27)29-20)14-15-6-9-17(23)10-7-15/h6-13H,4-5,14H2,1-3H3/b20-12-. The van der Waals surface area contributed by atoms with Crippen molar-refractivity contribution in [3.05, 3.63) is 63.5 Å². The Balaban J connectivity index is 1.84. The highest BCUT2D eigenvalue weighted by Crippen LogP contribution is 2.36. The average Bonchev–Trinajstić information content (AvgIpc) is 2.98. The Morgan fingerprint density at radius 2 is 1.79 bits per heavy atom. The lowest BCUT2D eigenvalue weighted by Gasteiger charge is -2.22. The molecule has 5 nitrogen and oxygen atoms in total. The number of nitrogens with zero attached hydrogens (tertiary/aromatic N) is 2. The number of rotatable bonds is 7. The van der Waals surface area contributed by atoms with Gasteiger partial charge in [0.25, 0.3) is 11.1 Å². The van der Waals surface area contributed by atoms with E-state index in [2.05, 4.69) is 18.7 Å². The second-order valence-corrected chi connectivity index (χ2v) is 7.92. The highest BCUT2D eigenvalue weighted by atomic mass is 35.5. The average molecular weight is 431 g/mol. The number of carbonyl (C=O) groups excluding carboxylic acids is 2. The summed E-state index contributed by atoms with van der Waals surface area (Å²) in [5.74, 6) is 0.365. The molecule has 1 heterocycles. The topological polar surface area (TPSA) is 49.9 Å². The number of hydrogen-bond donors (Lipinski definition) is 0. The Morgan fingerprint density at radius 3 is 2.41 bits per heavy atom. The summed E-state index contributed by atoms with van der Waals surface area (Å²) in [7, 11) is 1.60. The van der Waals surface area contributed by atoms with Crippen LogP contribution < -0.4 is 9.64 Å². The summed E-state index contributed by atoms with van der Waals surface area (Å²) in [4.78, 5) is 29.0. The van der Waals surface area contributed by atoms with Crippen molar-refractivity contribution in [3.63, 3.8) is 0 Å². The van der Waals surface area contributed by atoms with Gasteiger partial charge in [-0.1, -0.05) is 23.7 Å². The zero-order valence-corrected chi connectivity index (χ0v) is 18.2. The van der Waals surface area contributed by atoms with E-state index in [0.29, 0.717) is 15.7 Å². The van der Waals surface area contributed by atoms with Crippen LogP contribution in [-0.2, 0) is 11.3 Å². The van der Waals surface area contributed by atoms with E-state index in [1.807, 2.05) is 30.3 Å². The third-order valence-corrected chi connectivity index (χ3v) is 5.92. The molecule has 0 bridgehead atoms. The number of amides is 2. The first-order valence-electron chi connectivity index (χ1n) is 9.39. The monoisotopic (exact) mass is 430 g/mol. The van der Waals surface area contributed by atoms with E-state index in [9.17, 15) is 9.59 Å². The number of carbonyl (C=O) groups is 2. The first kappa shape index (κ1) is 21.3. The van der Waals surface area contributed by atoms with Crippen LogP contribution in [0.15, 0.2) is 47.4 Å². The van der Waals surface area contributed by atoms with Crippen molar-refractivity contribution in [2.45, 2.75) is 20.4 Å². The summed E-state index contributed by atoms with van der Waals surface area (Å²) >= 11 is 6.85. The van der Waals surface area contributed by atoms with Crippen molar-refractivity contribution >= 4 is 46.3 Å². The second kappa shape index (κ2) is 9.37. The van der Waals surface area contributed by atoms with Crippen LogP contribution in [0.25, 0.3) is 6.08 Å². The van der Waals surface area contributed by atoms with Crippen molar-refractivity contribution < 1.29 is 14.3 Å². The molecule has 2 aromatic rings.